The first-order valence-electron chi connectivity index (χ1n) is 22.8. The Labute approximate surface area is 325 Å². The molecule has 5 heteroatoms. The molecular formula is C46H26N2S3. The van der Waals surface area contributed by atoms with E-state index in [2.05, 4.69) is 0 Å². The maximum absolute atomic E-state index is 9.03. The van der Waals surface area contributed by atoms with Gasteiger partial charge in [0.15, 0.2) is 0 Å². The maximum atomic E-state index is 9.03. The molecule has 0 amide bonds. The molecule has 11 aromatic rings. The molecule has 0 saturated carbocycles. The molecule has 0 spiro atoms. The molecule has 11 rings (SSSR count). The number of fused-ring (bicyclic) bond motifs is 9. The van der Waals surface area contributed by atoms with Gasteiger partial charge in [0, 0.05) is 56.0 Å². The second-order valence-corrected chi connectivity index (χ2v) is 15.0. The van der Waals surface area contributed by atoms with Gasteiger partial charge < -0.3 is 0 Å². The summed E-state index contributed by atoms with van der Waals surface area (Å²) in [6.07, 6.45) is 1.49. The highest BCUT2D eigenvalue weighted by atomic mass is 32.1. The summed E-state index contributed by atoms with van der Waals surface area (Å²) >= 11 is 3.68. The highest BCUT2D eigenvalue weighted by molar-refractivity contribution is 7.27. The van der Waals surface area contributed by atoms with E-state index in [-0.39, 0.29) is 103 Å². The van der Waals surface area contributed by atoms with Gasteiger partial charge in [0.1, 0.15) is 6.33 Å². The third kappa shape index (κ3) is 4.59. The number of nitrogens with zero attached hydrogens (tertiary/aromatic N) is 2. The lowest BCUT2D eigenvalue weighted by atomic mass is 9.96. The van der Waals surface area contributed by atoms with Gasteiger partial charge in [-0.05, 0) is 69.7 Å². The molecule has 0 bridgehead atoms. The van der Waals surface area contributed by atoms with Crippen molar-refractivity contribution in [2.75, 3.05) is 0 Å². The van der Waals surface area contributed by atoms with Crippen molar-refractivity contribution in [1.29, 1.82) is 0 Å². The van der Waals surface area contributed by atoms with Crippen LogP contribution in [0.4, 0.5) is 0 Å². The predicted molar refractivity (Wildman–Crippen MR) is 222 cm³/mol. The van der Waals surface area contributed by atoms with Crippen LogP contribution in [-0.4, -0.2) is 9.97 Å². The van der Waals surface area contributed by atoms with Crippen LogP contribution in [-0.2, 0) is 0 Å². The van der Waals surface area contributed by atoms with E-state index in [1.165, 1.54) is 17.7 Å². The number of aromatic nitrogens is 2. The minimum Gasteiger partial charge on any atom is -0.235 e. The van der Waals surface area contributed by atoms with Gasteiger partial charge in [0.25, 0.3) is 0 Å². The molecular weight excluding hydrogens is 677 g/mol. The van der Waals surface area contributed by atoms with Crippen LogP contribution in [0, 0.1) is 0 Å². The van der Waals surface area contributed by atoms with Crippen LogP contribution in [0.15, 0.2) is 158 Å². The standard InChI is InChI=1S/C46H26N2S3/c1-3-19-39-34(13-1)36-17-7-15-32(44(36)49-39)29-11-5-9-27(23-29)28-10-6-12-31(24-28)42-46-43(48-26-47-42)38-25-30(21-22-41(38)51-46)33-16-8-18-37-35-14-2-4-20-40(35)50-45(33)37/h1-26H/i1D,2D,3D,4D,7D,8D,13D,14D,15D,16D,17D,18D,19D,20D. The van der Waals surface area contributed by atoms with Gasteiger partial charge in [0.05, 0.1) is 35.1 Å². The molecule has 0 atom stereocenters. The monoisotopic (exact) mass is 716 g/mol. The van der Waals surface area contributed by atoms with Crippen LogP contribution < -0.4 is 0 Å². The van der Waals surface area contributed by atoms with E-state index >= 15 is 0 Å². The summed E-state index contributed by atoms with van der Waals surface area (Å²) in [7, 11) is 0. The maximum Gasteiger partial charge on any atom is 0.116 e. The molecule has 0 saturated heterocycles. The van der Waals surface area contributed by atoms with Gasteiger partial charge in [-0.2, -0.15) is 0 Å². The van der Waals surface area contributed by atoms with E-state index in [0.717, 1.165) is 54.1 Å². The number of benzene rings is 7. The van der Waals surface area contributed by atoms with Crippen LogP contribution >= 0.6 is 34.0 Å². The van der Waals surface area contributed by atoms with Crippen LogP contribution in [0.2, 0.25) is 0 Å². The van der Waals surface area contributed by atoms with E-state index < -0.39 is 12.1 Å². The Morgan fingerprint density at radius 1 is 0.412 bits per heavy atom. The number of hydrogen-bond acceptors (Lipinski definition) is 5. The highest BCUT2D eigenvalue weighted by Crippen LogP contribution is 2.44. The van der Waals surface area contributed by atoms with E-state index in [0.29, 0.717) is 42.9 Å². The van der Waals surface area contributed by atoms with Crippen LogP contribution in [0.5, 0.6) is 0 Å². The Balaban J connectivity index is 1.04. The second-order valence-electron chi connectivity index (χ2n) is 11.9. The predicted octanol–water partition coefficient (Wildman–Crippen LogP) is 14.2. The molecule has 0 radical (unpaired) electrons. The Morgan fingerprint density at radius 2 is 0.961 bits per heavy atom. The molecule has 4 aromatic heterocycles. The van der Waals surface area contributed by atoms with E-state index in [1.54, 1.807) is 0 Å². The van der Waals surface area contributed by atoms with Crippen molar-refractivity contribution < 1.29 is 19.2 Å². The first-order valence-corrected chi connectivity index (χ1v) is 18.3. The summed E-state index contributed by atoms with van der Waals surface area (Å²) in [6.45, 7) is 0. The summed E-state index contributed by atoms with van der Waals surface area (Å²) in [5, 5.41) is 1.56. The van der Waals surface area contributed by atoms with Gasteiger partial charge in [-0.25, -0.2) is 9.97 Å². The normalized spacial score (nSPS) is 15.8. The third-order valence-corrected chi connectivity index (χ3v) is 12.4. The second kappa shape index (κ2) is 11.4. The molecule has 4 heterocycles. The molecule has 0 aliphatic rings. The molecule has 0 unspecified atom stereocenters. The van der Waals surface area contributed by atoms with Gasteiger partial charge in [-0.3, -0.25) is 0 Å². The zero-order chi connectivity index (χ0) is 45.7. The van der Waals surface area contributed by atoms with Crippen molar-refractivity contribution in [3.8, 4) is 44.6 Å². The fourth-order valence-electron chi connectivity index (χ4n) is 6.70. The lowest BCUT2D eigenvalue weighted by molar-refractivity contribution is 1.24. The van der Waals surface area contributed by atoms with E-state index in [4.69, 9.17) is 29.2 Å². The Bertz CT molecular complexity index is 3970. The summed E-state index contributed by atoms with van der Waals surface area (Å²) in [6, 6.07) is 16.6. The Kier molecular flexibility index (Phi) is 4.14. The average molecular weight is 717 g/mol. The summed E-state index contributed by atoms with van der Waals surface area (Å²) in [5.41, 5.74) is 5.62. The first-order chi connectivity index (χ1) is 31.1. The smallest absolute Gasteiger partial charge is 0.116 e. The Morgan fingerprint density at radius 3 is 1.65 bits per heavy atom. The van der Waals surface area contributed by atoms with Gasteiger partial charge in [0.2, 0.25) is 0 Å². The quantitative estimate of drug-likeness (QED) is 0.181. The lowest BCUT2D eigenvalue weighted by Gasteiger charge is -2.09. The molecule has 0 fully saturated rings. The summed E-state index contributed by atoms with van der Waals surface area (Å²) < 4.78 is 124. The zero-order valence-corrected chi connectivity index (χ0v) is 28.5. The van der Waals surface area contributed by atoms with Crippen molar-refractivity contribution in [3.63, 3.8) is 0 Å². The first kappa shape index (κ1) is 18.5. The van der Waals surface area contributed by atoms with Crippen molar-refractivity contribution in [1.82, 2.24) is 9.97 Å². The molecule has 7 aromatic carbocycles. The topological polar surface area (TPSA) is 25.8 Å². The summed E-state index contributed by atoms with van der Waals surface area (Å²) in [4.78, 5) is 9.43. The SMILES string of the molecule is [2H]c1c([2H])c([2H])c2c(sc3c(-c4cccc(-c5cccc(-c6ncnc7c6sc6ccc(-c8c([2H])c([2H])c([2H])c9c8sc8c([2H])c([2H])c([2H])c([2H])c89)cc67)c5)c4)c([2H])c([2H])c([2H])c32)c1[2H]. The van der Waals surface area contributed by atoms with Crippen LogP contribution in [0.1, 0.15) is 19.2 Å². The highest BCUT2D eigenvalue weighted by Gasteiger charge is 2.17. The average Bonchev–Trinajstić information content (AvgIpc) is 4.03. The lowest BCUT2D eigenvalue weighted by Crippen LogP contribution is -1.88. The molecule has 51 heavy (non-hydrogen) atoms. The van der Waals surface area contributed by atoms with Crippen LogP contribution in [0.3, 0.4) is 0 Å². The van der Waals surface area contributed by atoms with Crippen molar-refractivity contribution in [3.05, 3.63) is 158 Å². The largest absolute Gasteiger partial charge is 0.235 e. The van der Waals surface area contributed by atoms with Gasteiger partial charge in [-0.1, -0.05) is 115 Å². The molecule has 2 nitrogen and oxygen atoms in total. The number of thiophene rings is 3. The Hall–Kier alpha value is -5.72. The minimum atomic E-state index is -0.426. The van der Waals surface area contributed by atoms with E-state index in [9.17, 15) is 0 Å². The van der Waals surface area contributed by atoms with Crippen LogP contribution in [0.25, 0.3) is 105 Å². The zero-order valence-electron chi connectivity index (χ0n) is 40.0. The summed E-state index contributed by atoms with van der Waals surface area (Å²) in [5.74, 6) is 0. The molecule has 238 valence electrons. The van der Waals surface area contributed by atoms with Gasteiger partial charge in [-0.15, -0.1) is 34.0 Å². The fraction of sp³-hybridized carbons (Fsp3) is 0. The molecule has 0 aliphatic carbocycles. The number of hydrogen-bond donors (Lipinski definition) is 0. The third-order valence-electron chi connectivity index (χ3n) is 9.03. The number of rotatable bonds is 4. The van der Waals surface area contributed by atoms with Gasteiger partial charge >= 0.3 is 0 Å². The minimum absolute atomic E-state index is 0.170. The molecule has 0 aliphatic heterocycles. The van der Waals surface area contributed by atoms with Crippen molar-refractivity contribution in [2.24, 2.45) is 0 Å². The fourth-order valence-corrected chi connectivity index (χ4v) is 10.0. The van der Waals surface area contributed by atoms with Crippen molar-refractivity contribution in [2.45, 2.75) is 0 Å². The molecule has 0 N–H and O–H groups in total. The van der Waals surface area contributed by atoms with E-state index in [1.807, 2.05) is 66.7 Å². The van der Waals surface area contributed by atoms with Crippen molar-refractivity contribution >= 4 is 94.7 Å².